The minimum atomic E-state index is -0.00604. The summed E-state index contributed by atoms with van der Waals surface area (Å²) in [6.45, 7) is 10.6. The molecule has 0 aliphatic carbocycles. The number of nitrogens with zero attached hydrogens (tertiary/aromatic N) is 6. The molecular weight excluding hydrogens is 468 g/mol. The van der Waals surface area contributed by atoms with Crippen molar-refractivity contribution in [1.82, 2.24) is 28.7 Å². The molecule has 196 valence electrons. The predicted molar refractivity (Wildman–Crippen MR) is 145 cm³/mol. The summed E-state index contributed by atoms with van der Waals surface area (Å²) in [5.74, 6) is 2.26. The summed E-state index contributed by atoms with van der Waals surface area (Å²) in [7, 11) is 3.30. The smallest absolute Gasteiger partial charge is 0.277 e. The fourth-order valence-electron chi connectivity index (χ4n) is 5.29. The Morgan fingerprint density at radius 3 is 2.30 bits per heavy atom. The topological polar surface area (TPSA) is 77.1 Å². The lowest BCUT2D eigenvalue weighted by Crippen LogP contribution is -2.46. The highest BCUT2D eigenvalue weighted by atomic mass is 16.5. The van der Waals surface area contributed by atoms with Crippen molar-refractivity contribution in [2.75, 3.05) is 46.9 Å². The van der Waals surface area contributed by atoms with Gasteiger partial charge in [0.2, 0.25) is 5.88 Å². The summed E-state index contributed by atoms with van der Waals surface area (Å²) in [6, 6.07) is 12.1. The number of imidazole rings is 1. The molecule has 0 atom stereocenters. The van der Waals surface area contributed by atoms with Crippen LogP contribution in [0.2, 0.25) is 0 Å². The number of methoxy groups -OCH3 is 2. The van der Waals surface area contributed by atoms with Gasteiger partial charge in [0.15, 0.2) is 5.65 Å². The van der Waals surface area contributed by atoms with Gasteiger partial charge >= 0.3 is 0 Å². The average Bonchev–Trinajstić information content (AvgIpc) is 3.28. The summed E-state index contributed by atoms with van der Waals surface area (Å²) in [4.78, 5) is 28.0. The second-order valence-corrected chi connectivity index (χ2v) is 9.62. The Hall–Kier alpha value is -3.43. The van der Waals surface area contributed by atoms with Crippen LogP contribution in [-0.4, -0.2) is 75.7 Å². The Labute approximate surface area is 217 Å². The van der Waals surface area contributed by atoms with Crippen LogP contribution in [0.3, 0.4) is 0 Å². The third kappa shape index (κ3) is 5.06. The van der Waals surface area contributed by atoms with Crippen molar-refractivity contribution in [1.29, 1.82) is 0 Å². The molecule has 4 heterocycles. The Morgan fingerprint density at radius 2 is 1.62 bits per heavy atom. The SMILES string of the molecule is CCc1nc(C)c2c(=O)n(CCCN3CCN(Cc4ccc(OC)cc4)CC3)c3ccc(OC)nc3n12. The minimum Gasteiger partial charge on any atom is -0.497 e. The molecule has 9 heteroatoms. The first-order valence-electron chi connectivity index (χ1n) is 13.1. The van der Waals surface area contributed by atoms with Crippen LogP contribution in [0.1, 0.15) is 30.4 Å². The van der Waals surface area contributed by atoms with Crippen LogP contribution >= 0.6 is 0 Å². The quantitative estimate of drug-likeness (QED) is 0.347. The maximum atomic E-state index is 13.6. The maximum Gasteiger partial charge on any atom is 0.277 e. The molecule has 1 aliphatic rings. The number of hydrogen-bond donors (Lipinski definition) is 0. The van der Waals surface area contributed by atoms with Gasteiger partial charge in [0.25, 0.3) is 5.56 Å². The molecule has 4 aromatic rings. The number of aryl methyl sites for hydroxylation is 3. The molecule has 0 amide bonds. The van der Waals surface area contributed by atoms with E-state index in [1.54, 1.807) is 14.2 Å². The van der Waals surface area contributed by atoms with E-state index in [0.717, 1.165) is 80.5 Å². The van der Waals surface area contributed by atoms with Crippen molar-refractivity contribution in [3.05, 3.63) is 63.8 Å². The van der Waals surface area contributed by atoms with E-state index in [1.807, 2.05) is 47.1 Å². The number of hydrogen-bond acceptors (Lipinski definition) is 7. The summed E-state index contributed by atoms with van der Waals surface area (Å²) in [5.41, 5.74) is 4.19. The molecule has 1 saturated heterocycles. The van der Waals surface area contributed by atoms with Gasteiger partial charge < -0.3 is 18.9 Å². The molecule has 1 aromatic carbocycles. The minimum absolute atomic E-state index is 0.00604. The van der Waals surface area contributed by atoms with Gasteiger partial charge in [-0.2, -0.15) is 4.98 Å². The molecule has 0 radical (unpaired) electrons. The van der Waals surface area contributed by atoms with Crippen LogP contribution in [0.15, 0.2) is 41.2 Å². The maximum absolute atomic E-state index is 13.6. The van der Waals surface area contributed by atoms with E-state index in [2.05, 4.69) is 26.9 Å². The van der Waals surface area contributed by atoms with E-state index in [9.17, 15) is 4.79 Å². The normalized spacial score (nSPS) is 15.0. The first-order valence-corrected chi connectivity index (χ1v) is 13.1. The van der Waals surface area contributed by atoms with Crippen LogP contribution < -0.4 is 15.0 Å². The zero-order valence-corrected chi connectivity index (χ0v) is 22.2. The molecule has 0 N–H and O–H groups in total. The van der Waals surface area contributed by atoms with E-state index >= 15 is 0 Å². The fourth-order valence-corrected chi connectivity index (χ4v) is 5.29. The van der Waals surface area contributed by atoms with E-state index in [1.165, 1.54) is 5.56 Å². The van der Waals surface area contributed by atoms with Crippen LogP contribution in [0.25, 0.3) is 16.7 Å². The van der Waals surface area contributed by atoms with Gasteiger partial charge in [-0.3, -0.25) is 14.1 Å². The van der Waals surface area contributed by atoms with Crippen LogP contribution in [0.5, 0.6) is 11.6 Å². The molecule has 0 bridgehead atoms. The molecule has 1 fully saturated rings. The van der Waals surface area contributed by atoms with Gasteiger partial charge in [0, 0.05) is 51.8 Å². The Morgan fingerprint density at radius 1 is 0.892 bits per heavy atom. The highest BCUT2D eigenvalue weighted by molar-refractivity contribution is 5.77. The number of piperazine rings is 1. The second kappa shape index (κ2) is 10.9. The Balaban J connectivity index is 1.27. The van der Waals surface area contributed by atoms with Gasteiger partial charge in [-0.05, 0) is 43.7 Å². The highest BCUT2D eigenvalue weighted by Gasteiger charge is 2.20. The van der Waals surface area contributed by atoms with Crippen LogP contribution in [0.4, 0.5) is 0 Å². The first kappa shape index (κ1) is 25.2. The standard InChI is InChI=1S/C28H36N6O3/c1-5-24-29-20(2)26-28(35)33(23-11-12-25(37-4)30-27(23)34(24)26)14-6-13-31-15-17-32(18-16-31)19-21-7-9-22(36-3)10-8-21/h7-12H,5-6,13-19H2,1-4H3. The van der Waals surface area contributed by atoms with Crippen LogP contribution in [-0.2, 0) is 19.5 Å². The van der Waals surface area contributed by atoms with Gasteiger partial charge in [-0.15, -0.1) is 0 Å². The molecular formula is C28H36N6O3. The van der Waals surface area contributed by atoms with Gasteiger partial charge in [0.1, 0.15) is 17.1 Å². The molecule has 3 aromatic heterocycles. The average molecular weight is 505 g/mol. The zero-order chi connectivity index (χ0) is 25.9. The third-order valence-corrected chi connectivity index (χ3v) is 7.31. The lowest BCUT2D eigenvalue weighted by molar-refractivity contribution is 0.125. The number of rotatable bonds is 9. The predicted octanol–water partition coefficient (Wildman–Crippen LogP) is 3.14. The Bertz CT molecular complexity index is 1430. The van der Waals surface area contributed by atoms with Gasteiger partial charge in [-0.1, -0.05) is 19.1 Å². The van der Waals surface area contributed by atoms with Crippen molar-refractivity contribution in [2.45, 2.75) is 39.8 Å². The number of aromatic nitrogens is 4. The lowest BCUT2D eigenvalue weighted by Gasteiger charge is -2.34. The first-order chi connectivity index (χ1) is 18.0. The van der Waals surface area contributed by atoms with E-state index in [-0.39, 0.29) is 5.56 Å². The van der Waals surface area contributed by atoms with E-state index in [0.29, 0.717) is 17.9 Å². The second-order valence-electron chi connectivity index (χ2n) is 9.62. The Kier molecular flexibility index (Phi) is 7.43. The summed E-state index contributed by atoms with van der Waals surface area (Å²) < 4.78 is 14.4. The summed E-state index contributed by atoms with van der Waals surface area (Å²) in [6.07, 6.45) is 1.61. The largest absolute Gasteiger partial charge is 0.497 e. The number of fused-ring (bicyclic) bond motifs is 3. The molecule has 37 heavy (non-hydrogen) atoms. The summed E-state index contributed by atoms with van der Waals surface area (Å²) >= 11 is 0. The lowest BCUT2D eigenvalue weighted by atomic mass is 10.2. The fraction of sp³-hybridized carbons (Fsp3) is 0.464. The molecule has 0 spiro atoms. The molecule has 1 aliphatic heterocycles. The van der Waals surface area contributed by atoms with Crippen molar-refractivity contribution >= 4 is 16.7 Å². The highest BCUT2D eigenvalue weighted by Crippen LogP contribution is 2.21. The number of benzene rings is 1. The number of pyridine rings is 1. The third-order valence-electron chi connectivity index (χ3n) is 7.31. The van der Waals surface area contributed by atoms with Crippen LogP contribution in [0, 0.1) is 6.92 Å². The van der Waals surface area contributed by atoms with E-state index in [4.69, 9.17) is 14.5 Å². The molecule has 0 unspecified atom stereocenters. The summed E-state index contributed by atoms with van der Waals surface area (Å²) in [5, 5.41) is 0. The van der Waals surface area contributed by atoms with Crippen molar-refractivity contribution in [3.63, 3.8) is 0 Å². The molecule has 0 saturated carbocycles. The monoisotopic (exact) mass is 504 g/mol. The van der Waals surface area contributed by atoms with Gasteiger partial charge in [0.05, 0.1) is 25.4 Å². The molecule has 9 nitrogen and oxygen atoms in total. The van der Waals surface area contributed by atoms with Crippen molar-refractivity contribution in [2.24, 2.45) is 0 Å². The zero-order valence-electron chi connectivity index (χ0n) is 22.2. The van der Waals surface area contributed by atoms with E-state index < -0.39 is 0 Å². The number of ether oxygens (including phenoxy) is 2. The van der Waals surface area contributed by atoms with Crippen molar-refractivity contribution in [3.8, 4) is 11.6 Å². The van der Waals surface area contributed by atoms with Gasteiger partial charge in [-0.25, -0.2) is 4.98 Å². The molecule has 5 rings (SSSR count). The van der Waals surface area contributed by atoms with Crippen molar-refractivity contribution < 1.29 is 9.47 Å².